The van der Waals surface area contributed by atoms with Gasteiger partial charge in [0, 0.05) is 19.3 Å². The molecule has 0 spiro atoms. The SMILES string of the molecule is CC=O.CCOC(=O)C(C=O)CC(C)=O.CCOC(=O)C(C=O)CC(C)=O.CCOC(=O)CCC(C)=O. The van der Waals surface area contributed by atoms with Crippen LogP contribution in [0.2, 0.25) is 0 Å². The predicted molar refractivity (Wildman–Crippen MR) is 131 cm³/mol. The van der Waals surface area contributed by atoms with Crippen molar-refractivity contribution in [2.75, 3.05) is 19.8 Å². The van der Waals surface area contributed by atoms with E-state index in [0.717, 1.165) is 6.29 Å². The average molecular weight is 533 g/mol. The molecule has 2 atom stereocenters. The summed E-state index contributed by atoms with van der Waals surface area (Å²) >= 11 is 0. The molecular formula is C25H40O12. The van der Waals surface area contributed by atoms with E-state index in [-0.39, 0.29) is 55.8 Å². The maximum atomic E-state index is 10.9. The molecule has 0 aliphatic rings. The first-order chi connectivity index (χ1) is 17.3. The number of hydrogen-bond donors (Lipinski definition) is 0. The molecule has 0 heterocycles. The summed E-state index contributed by atoms with van der Waals surface area (Å²) < 4.78 is 13.7. The molecular weight excluding hydrogens is 492 g/mol. The smallest absolute Gasteiger partial charge is 0.316 e. The number of Topliss-reactive ketones (excluding diaryl/α,β-unsaturated/α-hetero) is 3. The fourth-order valence-corrected chi connectivity index (χ4v) is 2.00. The summed E-state index contributed by atoms with van der Waals surface area (Å²) in [5.41, 5.74) is 0. The first kappa shape index (κ1) is 40.6. The zero-order valence-electron chi connectivity index (χ0n) is 22.7. The Labute approximate surface area is 217 Å². The van der Waals surface area contributed by atoms with Crippen LogP contribution < -0.4 is 0 Å². The third-order valence-electron chi connectivity index (χ3n) is 3.51. The van der Waals surface area contributed by atoms with E-state index in [4.69, 9.17) is 4.79 Å². The van der Waals surface area contributed by atoms with Gasteiger partial charge in [0.2, 0.25) is 0 Å². The number of carbonyl (C=O) groups excluding carboxylic acids is 9. The van der Waals surface area contributed by atoms with Gasteiger partial charge in [0.25, 0.3) is 0 Å². The van der Waals surface area contributed by atoms with Crippen LogP contribution in [0, 0.1) is 11.8 Å². The summed E-state index contributed by atoms with van der Waals surface area (Å²) in [7, 11) is 0. The van der Waals surface area contributed by atoms with Crippen LogP contribution in [0.5, 0.6) is 0 Å². The van der Waals surface area contributed by atoms with Crippen molar-refractivity contribution in [2.24, 2.45) is 11.8 Å². The topological polar surface area (TPSA) is 181 Å². The number of carbonyl (C=O) groups is 9. The number of aldehydes is 3. The Bertz CT molecular complexity index is 685. The minimum atomic E-state index is -0.928. The van der Waals surface area contributed by atoms with Gasteiger partial charge in [-0.15, -0.1) is 0 Å². The third-order valence-corrected chi connectivity index (χ3v) is 3.51. The van der Waals surface area contributed by atoms with Gasteiger partial charge >= 0.3 is 17.9 Å². The molecule has 37 heavy (non-hydrogen) atoms. The number of rotatable bonds is 14. The lowest BCUT2D eigenvalue weighted by atomic mass is 10.1. The summed E-state index contributed by atoms with van der Waals surface area (Å²) in [4.78, 5) is 93.2. The molecule has 0 saturated carbocycles. The first-order valence-corrected chi connectivity index (χ1v) is 11.6. The minimum Gasteiger partial charge on any atom is -0.466 e. The molecule has 0 bridgehead atoms. The van der Waals surface area contributed by atoms with Crippen molar-refractivity contribution in [3.8, 4) is 0 Å². The van der Waals surface area contributed by atoms with E-state index in [1.807, 2.05) is 0 Å². The predicted octanol–water partition coefficient (Wildman–Crippen LogP) is 1.81. The van der Waals surface area contributed by atoms with Gasteiger partial charge in [-0.1, -0.05) is 0 Å². The molecule has 0 rings (SSSR count). The minimum absolute atomic E-state index is 0.0213. The standard InChI is InChI=1S/2C8H12O4.C7H12O3.C2H4O/c2*1-3-12-8(11)7(5-9)4-6(2)10;1-3-10-7(9)5-4-6(2)8;1-2-3/h2*5,7H,3-4H2,1-2H3;3-5H2,1-2H3;2H,1H3. The van der Waals surface area contributed by atoms with Gasteiger partial charge in [-0.05, 0) is 48.5 Å². The monoisotopic (exact) mass is 532 g/mol. The van der Waals surface area contributed by atoms with E-state index in [0.29, 0.717) is 25.6 Å². The molecule has 2 unspecified atom stereocenters. The number of hydrogen-bond acceptors (Lipinski definition) is 12. The molecule has 0 N–H and O–H groups in total. The molecule has 12 heteroatoms. The second-order valence-electron chi connectivity index (χ2n) is 7.04. The highest BCUT2D eigenvalue weighted by Gasteiger charge is 2.21. The molecule has 0 fully saturated rings. The lowest BCUT2D eigenvalue weighted by Gasteiger charge is -2.06. The largest absolute Gasteiger partial charge is 0.466 e. The van der Waals surface area contributed by atoms with Crippen LogP contribution in [0.4, 0.5) is 0 Å². The van der Waals surface area contributed by atoms with E-state index in [9.17, 15) is 38.4 Å². The van der Waals surface area contributed by atoms with E-state index in [1.54, 1.807) is 20.8 Å². The molecule has 0 aromatic carbocycles. The van der Waals surface area contributed by atoms with Crippen molar-refractivity contribution in [1.29, 1.82) is 0 Å². The summed E-state index contributed by atoms with van der Waals surface area (Å²) in [6, 6.07) is 0. The lowest BCUT2D eigenvalue weighted by Crippen LogP contribution is -2.21. The third kappa shape index (κ3) is 32.4. The van der Waals surface area contributed by atoms with Crippen molar-refractivity contribution in [3.63, 3.8) is 0 Å². The summed E-state index contributed by atoms with van der Waals surface area (Å²) in [5.74, 6) is -3.76. The second kappa shape index (κ2) is 28.7. The van der Waals surface area contributed by atoms with E-state index in [1.165, 1.54) is 27.7 Å². The van der Waals surface area contributed by atoms with Crippen LogP contribution in [-0.4, -0.2) is 73.9 Å². The Morgan fingerprint density at radius 1 is 0.595 bits per heavy atom. The van der Waals surface area contributed by atoms with Crippen molar-refractivity contribution in [1.82, 2.24) is 0 Å². The van der Waals surface area contributed by atoms with Crippen molar-refractivity contribution < 1.29 is 57.4 Å². The number of ketones is 3. The van der Waals surface area contributed by atoms with Gasteiger partial charge in [0.05, 0.1) is 26.2 Å². The zero-order valence-corrected chi connectivity index (χ0v) is 22.7. The van der Waals surface area contributed by atoms with Gasteiger partial charge in [-0.2, -0.15) is 0 Å². The van der Waals surface area contributed by atoms with Gasteiger partial charge in [0.1, 0.15) is 48.0 Å². The molecule has 12 nitrogen and oxygen atoms in total. The highest BCUT2D eigenvalue weighted by Crippen LogP contribution is 2.03. The maximum Gasteiger partial charge on any atom is 0.316 e. The van der Waals surface area contributed by atoms with Crippen LogP contribution in [0.25, 0.3) is 0 Å². The van der Waals surface area contributed by atoms with Gasteiger partial charge in [-0.3, -0.25) is 24.0 Å². The average Bonchev–Trinajstić information content (AvgIpc) is 2.81. The molecule has 0 saturated heterocycles. The van der Waals surface area contributed by atoms with Crippen LogP contribution in [0.3, 0.4) is 0 Å². The van der Waals surface area contributed by atoms with Crippen LogP contribution in [-0.2, 0) is 57.4 Å². The quantitative estimate of drug-likeness (QED) is 0.137. The number of ether oxygens (including phenoxy) is 3. The highest BCUT2D eigenvalue weighted by molar-refractivity contribution is 5.93. The van der Waals surface area contributed by atoms with Crippen LogP contribution >= 0.6 is 0 Å². The van der Waals surface area contributed by atoms with E-state index in [2.05, 4.69) is 14.2 Å². The van der Waals surface area contributed by atoms with Gasteiger partial charge < -0.3 is 33.4 Å². The summed E-state index contributed by atoms with van der Waals surface area (Å²) in [5, 5.41) is 0. The Morgan fingerprint density at radius 2 is 0.919 bits per heavy atom. The van der Waals surface area contributed by atoms with Crippen LogP contribution in [0.15, 0.2) is 0 Å². The van der Waals surface area contributed by atoms with Gasteiger partial charge in [0.15, 0.2) is 0 Å². The second-order valence-corrected chi connectivity index (χ2v) is 7.04. The molecule has 0 aliphatic heterocycles. The molecule has 0 aliphatic carbocycles. The number of esters is 3. The fourth-order valence-electron chi connectivity index (χ4n) is 2.00. The van der Waals surface area contributed by atoms with Crippen molar-refractivity contribution >= 4 is 54.1 Å². The Balaban J connectivity index is -0.000000210. The lowest BCUT2D eigenvalue weighted by molar-refractivity contribution is -0.151. The maximum absolute atomic E-state index is 10.9. The van der Waals surface area contributed by atoms with Crippen molar-refractivity contribution in [2.45, 2.75) is 74.1 Å². The van der Waals surface area contributed by atoms with Gasteiger partial charge in [-0.25, -0.2) is 0 Å². The fraction of sp³-hybridized carbons (Fsp3) is 0.640. The van der Waals surface area contributed by atoms with Crippen molar-refractivity contribution in [3.05, 3.63) is 0 Å². The van der Waals surface area contributed by atoms with Crippen LogP contribution in [0.1, 0.15) is 74.1 Å². The Morgan fingerprint density at radius 3 is 1.14 bits per heavy atom. The highest BCUT2D eigenvalue weighted by atomic mass is 16.5. The van der Waals surface area contributed by atoms with E-state index < -0.39 is 23.8 Å². The Kier molecular flexibility index (Phi) is 31.4. The zero-order chi connectivity index (χ0) is 29.8. The summed E-state index contributed by atoms with van der Waals surface area (Å²) in [6.07, 6.45) is 2.01. The normalized spacial score (nSPS) is 10.5. The van der Waals surface area contributed by atoms with E-state index >= 15 is 0 Å². The summed E-state index contributed by atoms with van der Waals surface area (Å²) in [6.45, 7) is 11.4. The molecule has 212 valence electrons. The molecule has 0 aromatic rings. The first-order valence-electron chi connectivity index (χ1n) is 11.6. The Hall–Kier alpha value is -3.57. The molecule has 0 amide bonds. The molecule has 0 radical (unpaired) electrons. The molecule has 0 aromatic heterocycles.